The van der Waals surface area contributed by atoms with E-state index in [2.05, 4.69) is 15.0 Å². The highest BCUT2D eigenvalue weighted by Gasteiger charge is 2.65. The number of H-pyrrole nitrogens is 1. The predicted octanol–water partition coefficient (Wildman–Crippen LogP) is -4.63. The number of fused-ring (bicyclic) bond motifs is 1. The van der Waals surface area contributed by atoms with E-state index in [9.17, 15) is 35.4 Å². The van der Waals surface area contributed by atoms with Crippen LogP contribution in [0, 0.1) is 0 Å². The molecule has 0 amide bonds. The van der Waals surface area contributed by atoms with E-state index in [1.165, 1.54) is 0 Å². The minimum Gasteiger partial charge on any atom is -0.394 e. The van der Waals surface area contributed by atoms with Crippen LogP contribution in [0.15, 0.2) is 17.4 Å². The minimum absolute atomic E-state index is 0.0497. The summed E-state index contributed by atoms with van der Waals surface area (Å²) in [7, 11) is 0. The van der Waals surface area contributed by atoms with Crippen LogP contribution in [0.25, 0.3) is 11.2 Å². The number of nitrogens with one attached hydrogen (secondary N) is 1. The van der Waals surface area contributed by atoms with E-state index in [4.69, 9.17) is 9.47 Å². The molecule has 2 aromatic heterocycles. The van der Waals surface area contributed by atoms with Crippen LogP contribution in [0.5, 0.6) is 0 Å². The molecule has 2 aliphatic heterocycles. The second kappa shape index (κ2) is 6.82. The van der Waals surface area contributed by atoms with Crippen LogP contribution in [0.1, 0.15) is 0 Å². The predicted molar refractivity (Wildman–Crippen MR) is 87.9 cm³/mol. The molecule has 154 valence electrons. The summed E-state index contributed by atoms with van der Waals surface area (Å²) < 4.78 is 12.4. The number of aromatic amines is 1. The SMILES string of the molecule is O=c1[nH]cnc2c1ncn2[C@]1(C2O[C@H](CO)[C@@H](O)[C@H]2O)O[C@H](CO)[C@@H](O)[C@H]1O. The Balaban J connectivity index is 1.93. The Morgan fingerprint density at radius 1 is 1.07 bits per heavy atom. The van der Waals surface area contributed by atoms with Crippen molar-refractivity contribution in [2.75, 3.05) is 13.2 Å². The summed E-state index contributed by atoms with van der Waals surface area (Å²) >= 11 is 0. The van der Waals surface area contributed by atoms with Crippen molar-refractivity contribution in [3.8, 4) is 0 Å². The molecule has 7 N–H and O–H groups in total. The molecule has 0 aromatic carbocycles. The van der Waals surface area contributed by atoms with Crippen LogP contribution in [0.2, 0.25) is 0 Å². The lowest BCUT2D eigenvalue weighted by Crippen LogP contribution is -2.58. The summed E-state index contributed by atoms with van der Waals surface area (Å²) in [5, 5.41) is 60.8. The zero-order valence-corrected chi connectivity index (χ0v) is 14.4. The number of hydrogen-bond donors (Lipinski definition) is 7. The number of aliphatic hydroxyl groups excluding tert-OH is 6. The molecule has 0 aliphatic carbocycles. The van der Waals surface area contributed by atoms with Gasteiger partial charge in [0.25, 0.3) is 5.56 Å². The molecule has 2 aromatic rings. The van der Waals surface area contributed by atoms with Gasteiger partial charge in [0.05, 0.1) is 25.9 Å². The largest absolute Gasteiger partial charge is 0.394 e. The maximum Gasteiger partial charge on any atom is 0.278 e. The molecule has 2 fully saturated rings. The second-order valence-electron chi connectivity index (χ2n) is 6.80. The van der Waals surface area contributed by atoms with Gasteiger partial charge in [0.2, 0.25) is 5.72 Å². The van der Waals surface area contributed by atoms with Crippen LogP contribution >= 0.6 is 0 Å². The summed E-state index contributed by atoms with van der Waals surface area (Å²) in [5.41, 5.74) is -2.84. The Labute approximate surface area is 156 Å². The fourth-order valence-electron chi connectivity index (χ4n) is 3.89. The number of rotatable bonds is 4. The Morgan fingerprint density at radius 3 is 2.39 bits per heavy atom. The van der Waals surface area contributed by atoms with Crippen molar-refractivity contribution >= 4 is 11.2 Å². The molecule has 0 radical (unpaired) electrons. The lowest BCUT2D eigenvalue weighted by molar-refractivity contribution is -0.231. The molecule has 8 atom stereocenters. The van der Waals surface area contributed by atoms with Gasteiger partial charge in [-0.3, -0.25) is 9.36 Å². The van der Waals surface area contributed by atoms with E-state index >= 15 is 0 Å². The third kappa shape index (κ3) is 2.46. The van der Waals surface area contributed by atoms with E-state index in [0.717, 1.165) is 17.2 Å². The highest BCUT2D eigenvalue weighted by Crippen LogP contribution is 2.45. The molecule has 2 aliphatic rings. The monoisotopic (exact) mass is 400 g/mol. The maximum absolute atomic E-state index is 12.0. The molecular weight excluding hydrogens is 380 g/mol. The van der Waals surface area contributed by atoms with Crippen LogP contribution in [0.3, 0.4) is 0 Å². The topological polar surface area (TPSA) is 203 Å². The molecular formula is C15H20N4O9. The molecule has 1 unspecified atom stereocenters. The fraction of sp³-hybridized carbons (Fsp3) is 0.667. The van der Waals surface area contributed by atoms with E-state index in [0.29, 0.717) is 0 Å². The highest BCUT2D eigenvalue weighted by molar-refractivity contribution is 5.69. The molecule has 13 nitrogen and oxygen atoms in total. The summed E-state index contributed by atoms with van der Waals surface area (Å²) in [6.07, 6.45) is -8.28. The van der Waals surface area contributed by atoms with Gasteiger partial charge in [-0.25, -0.2) is 9.97 Å². The van der Waals surface area contributed by atoms with E-state index in [1.54, 1.807) is 0 Å². The van der Waals surface area contributed by atoms with Gasteiger partial charge < -0.3 is 45.1 Å². The number of nitrogens with zero attached hydrogens (tertiary/aromatic N) is 3. The number of hydrogen-bond acceptors (Lipinski definition) is 11. The van der Waals surface area contributed by atoms with E-state index in [1.807, 2.05) is 0 Å². The molecule has 0 saturated carbocycles. The van der Waals surface area contributed by atoms with Crippen molar-refractivity contribution < 1.29 is 40.1 Å². The Kier molecular flexibility index (Phi) is 4.71. The highest BCUT2D eigenvalue weighted by atomic mass is 16.6. The third-order valence-corrected chi connectivity index (χ3v) is 5.31. The minimum atomic E-state index is -2.10. The summed E-state index contributed by atoms with van der Waals surface area (Å²) in [6, 6.07) is 0. The van der Waals surface area contributed by atoms with Gasteiger partial charge in [-0.15, -0.1) is 0 Å². The first-order valence-electron chi connectivity index (χ1n) is 8.55. The molecule has 4 heterocycles. The first-order valence-corrected chi connectivity index (χ1v) is 8.55. The maximum atomic E-state index is 12.0. The second-order valence-corrected chi connectivity index (χ2v) is 6.80. The van der Waals surface area contributed by atoms with Crippen molar-refractivity contribution in [3.63, 3.8) is 0 Å². The molecule has 0 spiro atoms. The first kappa shape index (κ1) is 19.4. The van der Waals surface area contributed by atoms with Crippen molar-refractivity contribution in [3.05, 3.63) is 23.0 Å². The Bertz CT molecular complexity index is 918. The van der Waals surface area contributed by atoms with Gasteiger partial charge in [0.15, 0.2) is 11.2 Å². The summed E-state index contributed by atoms with van der Waals surface area (Å²) in [5.74, 6) is 0. The standard InChI is InChI=1S/C15H20N4O9/c20-1-5-8(22)10(24)12(27-5)15(11(25)9(23)6(2-21)28-15)19-4-18-7-13(19)16-3-17-14(7)26/h3-6,8-12,20-25H,1-2H2,(H,16,17,26)/t5-,6-,8-,9-,10-,11-,12?,15+/m1/s1. The third-order valence-electron chi connectivity index (χ3n) is 5.31. The average molecular weight is 400 g/mol. The van der Waals surface area contributed by atoms with E-state index in [-0.39, 0.29) is 11.2 Å². The van der Waals surface area contributed by atoms with Crippen molar-refractivity contribution in [1.29, 1.82) is 0 Å². The number of ether oxygens (including phenoxy) is 2. The lowest BCUT2D eigenvalue weighted by atomic mass is 9.92. The van der Waals surface area contributed by atoms with Crippen LogP contribution in [-0.2, 0) is 15.2 Å². The van der Waals surface area contributed by atoms with Gasteiger partial charge in [-0.2, -0.15) is 0 Å². The quantitative estimate of drug-likeness (QED) is 0.260. The van der Waals surface area contributed by atoms with Crippen LogP contribution < -0.4 is 5.56 Å². The molecule has 2 saturated heterocycles. The Morgan fingerprint density at radius 2 is 1.79 bits per heavy atom. The Hall–Kier alpha value is -1.97. The molecule has 0 bridgehead atoms. The van der Waals surface area contributed by atoms with E-state index < -0.39 is 67.2 Å². The van der Waals surface area contributed by atoms with Gasteiger partial charge in [-0.05, 0) is 0 Å². The van der Waals surface area contributed by atoms with Gasteiger partial charge in [-0.1, -0.05) is 0 Å². The molecule has 28 heavy (non-hydrogen) atoms. The molecule has 4 rings (SSSR count). The summed E-state index contributed by atoms with van der Waals surface area (Å²) in [4.78, 5) is 22.3. The van der Waals surface area contributed by atoms with Crippen molar-refractivity contribution in [2.45, 2.75) is 48.5 Å². The number of aliphatic hydroxyl groups is 6. The van der Waals surface area contributed by atoms with Crippen LogP contribution in [0.4, 0.5) is 0 Å². The number of imidazole rings is 1. The fourth-order valence-corrected chi connectivity index (χ4v) is 3.89. The van der Waals surface area contributed by atoms with Gasteiger partial charge >= 0.3 is 0 Å². The van der Waals surface area contributed by atoms with Crippen LogP contribution in [-0.4, -0.2) is 106 Å². The average Bonchev–Trinajstić information content (AvgIpc) is 3.32. The smallest absolute Gasteiger partial charge is 0.278 e. The zero-order chi connectivity index (χ0) is 20.2. The zero-order valence-electron chi connectivity index (χ0n) is 14.4. The van der Waals surface area contributed by atoms with Crippen molar-refractivity contribution in [2.24, 2.45) is 0 Å². The first-order chi connectivity index (χ1) is 13.4. The van der Waals surface area contributed by atoms with Crippen molar-refractivity contribution in [1.82, 2.24) is 19.5 Å². The number of aromatic nitrogens is 4. The van der Waals surface area contributed by atoms with Gasteiger partial charge in [0, 0.05) is 0 Å². The summed E-state index contributed by atoms with van der Waals surface area (Å²) in [6.45, 7) is -1.30. The lowest BCUT2D eigenvalue weighted by Gasteiger charge is -2.39. The van der Waals surface area contributed by atoms with Gasteiger partial charge in [0.1, 0.15) is 42.7 Å². The molecule has 13 heteroatoms. The normalized spacial score (nSPS) is 41.1.